The number of rotatable bonds is 8. The van der Waals surface area contributed by atoms with Gasteiger partial charge in [0.2, 0.25) is 0 Å². The summed E-state index contributed by atoms with van der Waals surface area (Å²) in [6.45, 7) is 3.26. The van der Waals surface area contributed by atoms with E-state index in [4.69, 9.17) is 13.8 Å². The molecule has 0 rings (SSSR count). The van der Waals surface area contributed by atoms with E-state index < -0.39 is 16.5 Å². The molecule has 9 heteroatoms. The smallest absolute Gasteiger partial charge is 0.376 e. The van der Waals surface area contributed by atoms with Crippen LogP contribution in [0, 0.1) is 0 Å². The molecule has 92 valence electrons. The van der Waals surface area contributed by atoms with Crippen molar-refractivity contribution in [3.8, 4) is 0 Å². The minimum Gasteiger partial charge on any atom is -0.376 e. The highest BCUT2D eigenvalue weighted by Gasteiger charge is 2.13. The Labute approximate surface area is 93.1 Å². The normalized spacial score (nSPS) is 16.3. The van der Waals surface area contributed by atoms with Gasteiger partial charge in [0.15, 0.2) is 12.3 Å². The van der Waals surface area contributed by atoms with E-state index in [1.165, 1.54) is 6.92 Å². The summed E-state index contributed by atoms with van der Waals surface area (Å²) >= 11 is 0.231. The topological polar surface area (TPSA) is 102 Å². The monoisotopic (exact) mass is 262 g/mol. The van der Waals surface area contributed by atoms with E-state index in [2.05, 4.69) is 8.37 Å². The van der Waals surface area contributed by atoms with Crippen molar-refractivity contribution in [1.82, 2.24) is 0 Å². The molecule has 0 aromatic carbocycles. The molecule has 7 nitrogen and oxygen atoms in total. The maximum atomic E-state index is 10.3. The molecular formula is C6H14O7S2. The summed E-state index contributed by atoms with van der Waals surface area (Å²) in [6, 6.07) is 0. The first-order valence-corrected chi connectivity index (χ1v) is 6.12. The van der Waals surface area contributed by atoms with Crippen LogP contribution in [-0.4, -0.2) is 42.9 Å². The Morgan fingerprint density at radius 2 is 1.80 bits per heavy atom. The highest BCUT2D eigenvalue weighted by Crippen LogP contribution is 2.03. The average Bonchev–Trinajstić information content (AvgIpc) is 2.00. The van der Waals surface area contributed by atoms with Crippen molar-refractivity contribution < 1.29 is 30.6 Å². The second kappa shape index (κ2) is 7.39. The highest BCUT2D eigenvalue weighted by atomic mass is 32.3. The lowest BCUT2D eigenvalue weighted by Crippen LogP contribution is -2.23. The predicted octanol–water partition coefficient (Wildman–Crippen LogP) is 0.737. The molecule has 0 bridgehead atoms. The molecule has 0 fully saturated rings. The number of hydrogen-bond donors (Lipinski definition) is 2. The van der Waals surface area contributed by atoms with Gasteiger partial charge in [-0.3, -0.25) is 8.74 Å². The number of ether oxygens (including phenoxy) is 1. The first-order valence-electron chi connectivity index (χ1n) is 4.05. The minimum atomic E-state index is -4.44. The Morgan fingerprint density at radius 1 is 1.27 bits per heavy atom. The Morgan fingerprint density at radius 3 is 2.27 bits per heavy atom. The molecule has 2 unspecified atom stereocenters. The lowest BCUT2D eigenvalue weighted by molar-refractivity contribution is 0.0213. The number of hydrogen-bond acceptors (Lipinski definition) is 7. The zero-order chi connectivity index (χ0) is 11.9. The molecule has 2 atom stereocenters. The van der Waals surface area contributed by atoms with Gasteiger partial charge in [0, 0.05) is 0 Å². The van der Waals surface area contributed by atoms with Crippen LogP contribution in [0.15, 0.2) is 0 Å². The molecule has 0 spiro atoms. The van der Waals surface area contributed by atoms with Crippen LogP contribution >= 0.6 is 12.3 Å². The van der Waals surface area contributed by atoms with E-state index in [0.717, 1.165) is 0 Å². The second-order valence-corrected chi connectivity index (χ2v) is 4.24. The van der Waals surface area contributed by atoms with E-state index in [1.807, 2.05) is 0 Å². The summed E-state index contributed by atoms with van der Waals surface area (Å²) in [4.78, 5) is 0. The van der Waals surface area contributed by atoms with Crippen LogP contribution in [0.25, 0.3) is 0 Å². The first-order chi connectivity index (χ1) is 6.85. The van der Waals surface area contributed by atoms with Crippen LogP contribution in [0.2, 0.25) is 0 Å². The van der Waals surface area contributed by atoms with Gasteiger partial charge in [0.1, 0.15) is 0 Å². The molecule has 0 aliphatic heterocycles. The lowest BCUT2D eigenvalue weighted by Gasteiger charge is -2.13. The van der Waals surface area contributed by atoms with Crippen molar-refractivity contribution in [2.75, 3.05) is 13.2 Å². The van der Waals surface area contributed by atoms with Gasteiger partial charge in [-0.05, 0) is 13.8 Å². The average molecular weight is 262 g/mol. The van der Waals surface area contributed by atoms with Gasteiger partial charge in [-0.1, -0.05) is 0 Å². The van der Waals surface area contributed by atoms with E-state index in [0.29, 0.717) is 0 Å². The van der Waals surface area contributed by atoms with Crippen molar-refractivity contribution >= 4 is 22.7 Å². The van der Waals surface area contributed by atoms with Gasteiger partial charge >= 0.3 is 10.4 Å². The van der Waals surface area contributed by atoms with Crippen molar-refractivity contribution in [3.63, 3.8) is 0 Å². The fourth-order valence-corrected chi connectivity index (χ4v) is 1.41. The molecule has 0 radical (unpaired) electrons. The third-order valence-electron chi connectivity index (χ3n) is 1.20. The van der Waals surface area contributed by atoms with Gasteiger partial charge < -0.3 is 9.29 Å². The standard InChI is InChI=1S/C6H14O7S2/c1-5(12-14-7)3-11-4-6(2)13-15(8,9)10/h5-7H,3-4H2,1-2H3,(H,8,9,10). The van der Waals surface area contributed by atoms with Crippen LogP contribution in [0.5, 0.6) is 0 Å². The molecule has 0 aliphatic rings. The van der Waals surface area contributed by atoms with Crippen LogP contribution < -0.4 is 0 Å². The SMILES string of the molecule is CC(COCC(C)OS(=O)(=O)O)OSO. The zero-order valence-corrected chi connectivity index (χ0v) is 9.95. The Balaban J connectivity index is 3.59. The molecular weight excluding hydrogens is 248 g/mol. The van der Waals surface area contributed by atoms with Crippen LogP contribution in [0.3, 0.4) is 0 Å². The molecule has 0 aliphatic carbocycles. The van der Waals surface area contributed by atoms with Gasteiger partial charge in [0.25, 0.3) is 0 Å². The van der Waals surface area contributed by atoms with Crippen LogP contribution in [0.4, 0.5) is 0 Å². The van der Waals surface area contributed by atoms with Crippen molar-refractivity contribution in [2.24, 2.45) is 0 Å². The Bertz CT molecular complexity index is 252. The van der Waals surface area contributed by atoms with Crippen molar-refractivity contribution in [1.29, 1.82) is 0 Å². The highest BCUT2D eigenvalue weighted by molar-refractivity contribution is 7.88. The first kappa shape index (κ1) is 15.1. The van der Waals surface area contributed by atoms with Gasteiger partial charge in [-0.25, -0.2) is 4.18 Å². The maximum Gasteiger partial charge on any atom is 0.397 e. The van der Waals surface area contributed by atoms with Crippen molar-refractivity contribution in [2.45, 2.75) is 26.1 Å². The van der Waals surface area contributed by atoms with E-state index in [9.17, 15) is 8.42 Å². The molecule has 0 saturated carbocycles. The summed E-state index contributed by atoms with van der Waals surface area (Å²) in [5, 5.41) is 0. The quantitative estimate of drug-likeness (QED) is 0.487. The largest absolute Gasteiger partial charge is 0.397 e. The lowest BCUT2D eigenvalue weighted by atomic mass is 10.4. The van der Waals surface area contributed by atoms with Gasteiger partial charge in [-0.15, -0.1) is 0 Å². The summed E-state index contributed by atoms with van der Waals surface area (Å²) in [5.41, 5.74) is 0. The maximum absolute atomic E-state index is 10.3. The zero-order valence-electron chi connectivity index (χ0n) is 8.32. The molecule has 0 aromatic rings. The Hall–Kier alpha value is 0.1000. The van der Waals surface area contributed by atoms with Crippen LogP contribution in [0.1, 0.15) is 13.8 Å². The van der Waals surface area contributed by atoms with E-state index >= 15 is 0 Å². The second-order valence-electron chi connectivity index (χ2n) is 2.85. The van der Waals surface area contributed by atoms with Gasteiger partial charge in [-0.2, -0.15) is 8.42 Å². The third-order valence-corrected chi connectivity index (χ3v) is 2.18. The summed E-state index contributed by atoms with van der Waals surface area (Å²) in [7, 11) is -4.44. The molecule has 0 saturated heterocycles. The molecule has 2 N–H and O–H groups in total. The molecule has 0 aromatic heterocycles. The minimum absolute atomic E-state index is 0.0103. The van der Waals surface area contributed by atoms with E-state index in [1.54, 1.807) is 6.92 Å². The third kappa shape index (κ3) is 10.4. The fraction of sp³-hybridized carbons (Fsp3) is 1.00. The molecule has 0 heterocycles. The molecule has 15 heavy (non-hydrogen) atoms. The van der Waals surface area contributed by atoms with Crippen LogP contribution in [-0.2, 0) is 23.5 Å². The molecule has 0 amide bonds. The fourth-order valence-electron chi connectivity index (χ4n) is 0.737. The summed E-state index contributed by atoms with van der Waals surface area (Å²) in [6.07, 6.45) is -1.12. The Kier molecular flexibility index (Phi) is 7.44. The van der Waals surface area contributed by atoms with Gasteiger partial charge in [0.05, 0.1) is 25.4 Å². The predicted molar refractivity (Wildman–Crippen MR) is 53.7 cm³/mol. The summed E-state index contributed by atoms with van der Waals surface area (Å²) < 4.78 is 51.0. The summed E-state index contributed by atoms with van der Waals surface area (Å²) in [5.74, 6) is 0. The van der Waals surface area contributed by atoms with E-state index in [-0.39, 0.29) is 31.6 Å². The van der Waals surface area contributed by atoms with Crippen molar-refractivity contribution in [3.05, 3.63) is 0 Å².